The molecule has 0 saturated carbocycles. The molecule has 2 aliphatic rings. The van der Waals surface area contributed by atoms with E-state index in [2.05, 4.69) is 9.80 Å². The van der Waals surface area contributed by atoms with Crippen molar-refractivity contribution in [2.45, 2.75) is 30.6 Å². The van der Waals surface area contributed by atoms with Gasteiger partial charge in [-0.2, -0.15) is 0 Å². The van der Waals surface area contributed by atoms with Crippen LogP contribution in [-0.4, -0.2) is 52.3 Å². The van der Waals surface area contributed by atoms with Crippen LogP contribution in [0.15, 0.2) is 29.2 Å². The lowest BCUT2D eigenvalue weighted by molar-refractivity contribution is 0.249. The summed E-state index contributed by atoms with van der Waals surface area (Å²) in [7, 11) is -3.16. The molecule has 22 heavy (non-hydrogen) atoms. The molecule has 0 amide bonds. The number of hydrogen-bond acceptors (Lipinski definition) is 4. The zero-order chi connectivity index (χ0) is 15.6. The van der Waals surface area contributed by atoms with Crippen LogP contribution in [0.25, 0.3) is 0 Å². The van der Waals surface area contributed by atoms with E-state index in [9.17, 15) is 8.42 Å². The molecule has 0 N–H and O–H groups in total. The van der Waals surface area contributed by atoms with Crippen LogP contribution in [0.5, 0.6) is 0 Å². The first-order chi connectivity index (χ1) is 10.5. The SMILES string of the molecule is CS(=O)(=O)c1ccccc1N1CCC(CN2CCCC2)CC1. The fourth-order valence-corrected chi connectivity index (χ4v) is 4.62. The van der Waals surface area contributed by atoms with Crippen molar-refractivity contribution >= 4 is 15.5 Å². The van der Waals surface area contributed by atoms with Gasteiger partial charge in [-0.15, -0.1) is 0 Å². The molecule has 2 fully saturated rings. The third-order valence-electron chi connectivity index (χ3n) is 4.94. The number of anilines is 1. The molecule has 1 aromatic rings. The first-order valence-corrected chi connectivity index (χ1v) is 10.2. The summed E-state index contributed by atoms with van der Waals surface area (Å²) < 4.78 is 23.9. The van der Waals surface area contributed by atoms with Crippen LogP contribution in [0.4, 0.5) is 5.69 Å². The molecule has 2 aliphatic heterocycles. The minimum atomic E-state index is -3.16. The number of sulfone groups is 1. The van der Waals surface area contributed by atoms with E-state index in [0.717, 1.165) is 37.5 Å². The number of benzene rings is 1. The molecule has 3 rings (SSSR count). The summed E-state index contributed by atoms with van der Waals surface area (Å²) in [5, 5.41) is 0. The Morgan fingerprint density at radius 1 is 1.05 bits per heavy atom. The standard InChI is InChI=1S/C17H26N2O2S/c1-22(20,21)17-7-3-2-6-16(17)19-12-8-15(9-13-19)14-18-10-4-5-11-18/h2-3,6-7,15H,4-5,8-14H2,1H3. The second-order valence-electron chi connectivity index (χ2n) is 6.68. The lowest BCUT2D eigenvalue weighted by atomic mass is 9.96. The topological polar surface area (TPSA) is 40.6 Å². The Balaban J connectivity index is 1.64. The normalized spacial score (nSPS) is 21.4. The summed E-state index contributed by atoms with van der Waals surface area (Å²) in [6.07, 6.45) is 6.32. The largest absolute Gasteiger partial charge is 0.370 e. The summed E-state index contributed by atoms with van der Waals surface area (Å²) in [6, 6.07) is 7.40. The van der Waals surface area contributed by atoms with Gasteiger partial charge in [0, 0.05) is 25.9 Å². The zero-order valence-electron chi connectivity index (χ0n) is 13.4. The molecule has 0 unspecified atom stereocenters. The van der Waals surface area contributed by atoms with Gasteiger partial charge in [0.15, 0.2) is 9.84 Å². The van der Waals surface area contributed by atoms with Crippen molar-refractivity contribution in [3.8, 4) is 0 Å². The number of nitrogens with zero attached hydrogens (tertiary/aromatic N) is 2. The van der Waals surface area contributed by atoms with Gasteiger partial charge >= 0.3 is 0 Å². The van der Waals surface area contributed by atoms with Crippen LogP contribution in [0, 0.1) is 5.92 Å². The van der Waals surface area contributed by atoms with E-state index in [4.69, 9.17) is 0 Å². The molecular weight excluding hydrogens is 296 g/mol. The van der Waals surface area contributed by atoms with E-state index in [1.807, 2.05) is 12.1 Å². The Bertz CT molecular complexity index is 601. The third-order valence-corrected chi connectivity index (χ3v) is 6.08. The lowest BCUT2D eigenvalue weighted by Crippen LogP contribution is -2.38. The number of hydrogen-bond donors (Lipinski definition) is 0. The molecule has 0 radical (unpaired) electrons. The van der Waals surface area contributed by atoms with Gasteiger partial charge in [-0.3, -0.25) is 0 Å². The van der Waals surface area contributed by atoms with E-state index in [0.29, 0.717) is 4.90 Å². The van der Waals surface area contributed by atoms with Gasteiger partial charge in [0.2, 0.25) is 0 Å². The van der Waals surface area contributed by atoms with E-state index in [1.165, 1.54) is 38.7 Å². The Labute approximate surface area is 134 Å². The third kappa shape index (κ3) is 3.63. The Hall–Kier alpha value is -1.07. The second kappa shape index (κ2) is 6.59. The molecule has 122 valence electrons. The van der Waals surface area contributed by atoms with Crippen LogP contribution in [0.2, 0.25) is 0 Å². The molecule has 2 saturated heterocycles. The predicted molar refractivity (Wildman–Crippen MR) is 90.2 cm³/mol. The van der Waals surface area contributed by atoms with E-state index in [1.54, 1.807) is 12.1 Å². The molecule has 0 aromatic heterocycles. The van der Waals surface area contributed by atoms with Gasteiger partial charge in [0.05, 0.1) is 10.6 Å². The molecule has 4 nitrogen and oxygen atoms in total. The molecule has 2 heterocycles. The maximum absolute atomic E-state index is 12.0. The number of likely N-dealkylation sites (tertiary alicyclic amines) is 1. The smallest absolute Gasteiger partial charge is 0.177 e. The first kappa shape index (κ1) is 15.8. The van der Waals surface area contributed by atoms with Gasteiger partial charge in [0.1, 0.15) is 0 Å². The van der Waals surface area contributed by atoms with Gasteiger partial charge in [-0.25, -0.2) is 8.42 Å². The van der Waals surface area contributed by atoms with E-state index in [-0.39, 0.29) is 0 Å². The summed E-state index contributed by atoms with van der Waals surface area (Å²) >= 11 is 0. The predicted octanol–water partition coefficient (Wildman–Crippen LogP) is 2.40. The van der Waals surface area contributed by atoms with Gasteiger partial charge in [-0.1, -0.05) is 12.1 Å². The van der Waals surface area contributed by atoms with Gasteiger partial charge in [0.25, 0.3) is 0 Å². The summed E-state index contributed by atoms with van der Waals surface area (Å²) in [4.78, 5) is 5.30. The van der Waals surface area contributed by atoms with Crippen LogP contribution < -0.4 is 4.90 Å². The monoisotopic (exact) mass is 322 g/mol. The summed E-state index contributed by atoms with van der Waals surface area (Å²) in [6.45, 7) is 5.67. The number of rotatable bonds is 4. The Kier molecular flexibility index (Phi) is 4.73. The second-order valence-corrected chi connectivity index (χ2v) is 8.66. The van der Waals surface area contributed by atoms with Crippen LogP contribution >= 0.6 is 0 Å². The lowest BCUT2D eigenvalue weighted by Gasteiger charge is -2.36. The van der Waals surface area contributed by atoms with Crippen LogP contribution in [0.1, 0.15) is 25.7 Å². The quantitative estimate of drug-likeness (QED) is 0.853. The molecule has 0 bridgehead atoms. The van der Waals surface area contributed by atoms with Crippen molar-refractivity contribution in [1.29, 1.82) is 0 Å². The van der Waals surface area contributed by atoms with Crippen molar-refractivity contribution < 1.29 is 8.42 Å². The van der Waals surface area contributed by atoms with E-state index < -0.39 is 9.84 Å². The minimum absolute atomic E-state index is 0.466. The van der Waals surface area contributed by atoms with Crippen LogP contribution in [-0.2, 0) is 9.84 Å². The number of piperidine rings is 1. The fourth-order valence-electron chi connectivity index (χ4n) is 3.72. The molecule has 0 atom stereocenters. The first-order valence-electron chi connectivity index (χ1n) is 8.30. The highest BCUT2D eigenvalue weighted by Crippen LogP contribution is 2.29. The molecule has 1 aromatic carbocycles. The van der Waals surface area contributed by atoms with Crippen LogP contribution in [0.3, 0.4) is 0 Å². The maximum Gasteiger partial charge on any atom is 0.177 e. The highest BCUT2D eigenvalue weighted by molar-refractivity contribution is 7.90. The molecule has 0 aliphatic carbocycles. The molecule has 0 spiro atoms. The van der Waals surface area contributed by atoms with Gasteiger partial charge in [-0.05, 0) is 56.8 Å². The Morgan fingerprint density at radius 3 is 2.32 bits per heavy atom. The van der Waals surface area contributed by atoms with Crippen molar-refractivity contribution in [1.82, 2.24) is 4.90 Å². The van der Waals surface area contributed by atoms with Gasteiger partial charge < -0.3 is 9.80 Å². The van der Waals surface area contributed by atoms with Crippen molar-refractivity contribution in [2.75, 3.05) is 43.9 Å². The molecular formula is C17H26N2O2S. The van der Waals surface area contributed by atoms with Crippen molar-refractivity contribution in [3.05, 3.63) is 24.3 Å². The molecule has 5 heteroatoms. The minimum Gasteiger partial charge on any atom is -0.370 e. The highest BCUT2D eigenvalue weighted by Gasteiger charge is 2.25. The highest BCUT2D eigenvalue weighted by atomic mass is 32.2. The summed E-state index contributed by atoms with van der Waals surface area (Å²) in [5.41, 5.74) is 0.879. The summed E-state index contributed by atoms with van der Waals surface area (Å²) in [5.74, 6) is 0.764. The number of para-hydroxylation sites is 1. The average Bonchev–Trinajstić information content (AvgIpc) is 3.00. The average molecular weight is 322 g/mol. The van der Waals surface area contributed by atoms with E-state index >= 15 is 0 Å². The van der Waals surface area contributed by atoms with Crippen molar-refractivity contribution in [3.63, 3.8) is 0 Å². The fraction of sp³-hybridized carbons (Fsp3) is 0.647. The van der Waals surface area contributed by atoms with Crippen molar-refractivity contribution in [2.24, 2.45) is 5.92 Å². The Morgan fingerprint density at radius 2 is 1.68 bits per heavy atom. The zero-order valence-corrected chi connectivity index (χ0v) is 14.2. The maximum atomic E-state index is 12.0.